The van der Waals surface area contributed by atoms with E-state index in [0.29, 0.717) is 18.7 Å². The largest absolute Gasteiger partial charge is 0.481 e. The van der Waals surface area contributed by atoms with Crippen LogP contribution in [0.25, 0.3) is 0 Å². The Morgan fingerprint density at radius 1 is 1.65 bits per heavy atom. The molecule has 0 fully saturated rings. The van der Waals surface area contributed by atoms with Crippen molar-refractivity contribution in [3.05, 3.63) is 30.6 Å². The number of hydrogen-bond donors (Lipinski definition) is 1. The first-order valence-electron chi connectivity index (χ1n) is 5.22. The molecule has 2 rings (SSSR count). The summed E-state index contributed by atoms with van der Waals surface area (Å²) in [6.07, 6.45) is 3.36. The Morgan fingerprint density at radius 3 is 2.94 bits per heavy atom. The van der Waals surface area contributed by atoms with Gasteiger partial charge in [0.15, 0.2) is 9.84 Å². The van der Waals surface area contributed by atoms with E-state index >= 15 is 0 Å². The van der Waals surface area contributed by atoms with E-state index in [1.54, 1.807) is 4.57 Å². The molecular formula is C11H13NO4S. The minimum absolute atomic E-state index is 0.131. The maximum Gasteiger partial charge on any atom is 0.312 e. The number of carboxylic acid groups (broad SMARTS) is 1. The molecule has 1 aromatic rings. The summed E-state index contributed by atoms with van der Waals surface area (Å²) < 4.78 is 25.3. The molecule has 1 aliphatic rings. The van der Waals surface area contributed by atoms with E-state index in [1.807, 2.05) is 0 Å². The van der Waals surface area contributed by atoms with E-state index in [4.69, 9.17) is 5.11 Å². The van der Waals surface area contributed by atoms with Crippen LogP contribution in [0.15, 0.2) is 29.8 Å². The molecule has 2 heterocycles. The number of aromatic nitrogens is 1. The molecule has 1 aromatic heterocycles. The topological polar surface area (TPSA) is 76.4 Å². The first-order valence-corrected chi connectivity index (χ1v) is 6.87. The Labute approximate surface area is 99.3 Å². The maximum absolute atomic E-state index is 11.8. The molecule has 92 valence electrons. The molecule has 0 spiro atoms. The highest BCUT2D eigenvalue weighted by atomic mass is 32.2. The van der Waals surface area contributed by atoms with Gasteiger partial charge in [0.25, 0.3) is 0 Å². The summed E-state index contributed by atoms with van der Waals surface area (Å²) in [6, 6.07) is 1.46. The number of sulfone groups is 1. The Hall–Kier alpha value is -1.56. The van der Waals surface area contributed by atoms with Gasteiger partial charge < -0.3 is 9.67 Å². The van der Waals surface area contributed by atoms with Gasteiger partial charge in [0.05, 0.1) is 16.6 Å². The lowest BCUT2D eigenvalue weighted by molar-refractivity contribution is -0.138. The molecule has 17 heavy (non-hydrogen) atoms. The molecule has 0 amide bonds. The summed E-state index contributed by atoms with van der Waals surface area (Å²) in [6.45, 7) is 3.95. The summed E-state index contributed by atoms with van der Waals surface area (Å²) in [7, 11) is -3.37. The third-order valence-corrected chi connectivity index (χ3v) is 4.53. The van der Waals surface area contributed by atoms with Crippen LogP contribution in [0.4, 0.5) is 0 Å². The van der Waals surface area contributed by atoms with Gasteiger partial charge in [-0.1, -0.05) is 6.08 Å². The van der Waals surface area contributed by atoms with Crippen LogP contribution in [-0.2, 0) is 21.2 Å². The van der Waals surface area contributed by atoms with Crippen molar-refractivity contribution in [2.24, 2.45) is 0 Å². The molecule has 1 aliphatic heterocycles. The first-order chi connectivity index (χ1) is 7.95. The number of aryl methyl sites for hydroxylation is 1. The summed E-state index contributed by atoms with van der Waals surface area (Å²) in [4.78, 5) is 11.1. The average Bonchev–Trinajstić information content (AvgIpc) is 2.74. The Balaban J connectivity index is 2.41. The van der Waals surface area contributed by atoms with Crippen molar-refractivity contribution in [3.8, 4) is 0 Å². The van der Waals surface area contributed by atoms with Gasteiger partial charge in [-0.2, -0.15) is 0 Å². The van der Waals surface area contributed by atoms with E-state index in [1.165, 1.54) is 18.3 Å². The predicted octanol–water partition coefficient (Wildman–Crippen LogP) is 1.02. The zero-order valence-electron chi connectivity index (χ0n) is 9.17. The minimum atomic E-state index is -3.37. The van der Waals surface area contributed by atoms with Crippen molar-refractivity contribution in [1.29, 1.82) is 0 Å². The second-order valence-corrected chi connectivity index (χ2v) is 6.08. The smallest absolute Gasteiger partial charge is 0.312 e. The van der Waals surface area contributed by atoms with Crippen LogP contribution in [0, 0.1) is 0 Å². The summed E-state index contributed by atoms with van der Waals surface area (Å²) in [5, 5.41) is 9.00. The van der Waals surface area contributed by atoms with Gasteiger partial charge in [-0.15, -0.1) is 6.58 Å². The number of aliphatic carboxylic acids is 1. The van der Waals surface area contributed by atoms with Crippen LogP contribution >= 0.6 is 0 Å². The Bertz CT molecular complexity index is 570. The van der Waals surface area contributed by atoms with Gasteiger partial charge in [0, 0.05) is 18.4 Å². The van der Waals surface area contributed by atoms with E-state index < -0.39 is 21.7 Å². The maximum atomic E-state index is 11.8. The van der Waals surface area contributed by atoms with Gasteiger partial charge in [-0.25, -0.2) is 8.42 Å². The molecule has 6 heteroatoms. The molecule has 0 bridgehead atoms. The Kier molecular flexibility index (Phi) is 2.82. The van der Waals surface area contributed by atoms with E-state index in [2.05, 4.69) is 6.58 Å². The fourth-order valence-corrected chi connectivity index (χ4v) is 3.17. The van der Waals surface area contributed by atoms with Gasteiger partial charge in [-0.3, -0.25) is 4.79 Å². The third-order valence-electron chi connectivity index (χ3n) is 2.92. The molecule has 1 atom stereocenters. The number of carbonyl (C=O) groups is 1. The van der Waals surface area contributed by atoms with Gasteiger partial charge >= 0.3 is 5.97 Å². The lowest BCUT2D eigenvalue weighted by Gasteiger charge is -2.01. The van der Waals surface area contributed by atoms with Crippen LogP contribution in [0.3, 0.4) is 0 Å². The monoisotopic (exact) mass is 255 g/mol. The number of fused-ring (bicyclic) bond motifs is 1. The molecule has 0 saturated carbocycles. The zero-order chi connectivity index (χ0) is 12.6. The lowest BCUT2D eigenvalue weighted by atomic mass is 10.1. The standard InChI is InChI=1S/C11H13NO4S/c1-2-5-17(15,16)8-6-10-9(11(13)14)3-4-12(10)7-8/h2,6-7,9H,1,3-5H2,(H,13,14). The third kappa shape index (κ3) is 2.00. The van der Waals surface area contributed by atoms with Crippen LogP contribution < -0.4 is 0 Å². The fourth-order valence-electron chi connectivity index (χ4n) is 2.08. The molecule has 0 radical (unpaired) electrons. The second kappa shape index (κ2) is 4.03. The number of rotatable bonds is 4. The summed E-state index contributed by atoms with van der Waals surface area (Å²) >= 11 is 0. The average molecular weight is 255 g/mol. The van der Waals surface area contributed by atoms with E-state index in [9.17, 15) is 13.2 Å². The highest BCUT2D eigenvalue weighted by Crippen LogP contribution is 2.31. The quantitative estimate of drug-likeness (QED) is 0.815. The van der Waals surface area contributed by atoms with Gasteiger partial charge in [0.2, 0.25) is 0 Å². The number of hydrogen-bond acceptors (Lipinski definition) is 3. The molecular weight excluding hydrogens is 242 g/mol. The molecule has 1 unspecified atom stereocenters. The van der Waals surface area contributed by atoms with Crippen molar-refractivity contribution >= 4 is 15.8 Å². The summed E-state index contributed by atoms with van der Waals surface area (Å²) in [5.74, 6) is -1.63. The zero-order valence-corrected chi connectivity index (χ0v) is 9.98. The van der Waals surface area contributed by atoms with Gasteiger partial charge in [0.1, 0.15) is 0 Å². The number of carboxylic acids is 1. The molecule has 1 N–H and O–H groups in total. The lowest BCUT2D eigenvalue weighted by Crippen LogP contribution is -2.08. The summed E-state index contributed by atoms with van der Waals surface area (Å²) in [5.41, 5.74) is 0.570. The Morgan fingerprint density at radius 2 is 2.35 bits per heavy atom. The van der Waals surface area contributed by atoms with Crippen LogP contribution in [0.1, 0.15) is 18.0 Å². The first kappa shape index (κ1) is 11.9. The second-order valence-electron chi connectivity index (χ2n) is 4.04. The van der Waals surface area contributed by atoms with Crippen molar-refractivity contribution in [3.63, 3.8) is 0 Å². The highest BCUT2D eigenvalue weighted by Gasteiger charge is 2.31. The predicted molar refractivity (Wildman–Crippen MR) is 61.7 cm³/mol. The van der Waals surface area contributed by atoms with Crippen molar-refractivity contribution in [2.45, 2.75) is 23.8 Å². The molecule has 5 nitrogen and oxygen atoms in total. The molecule has 0 saturated heterocycles. The van der Waals surface area contributed by atoms with E-state index in [-0.39, 0.29) is 10.6 Å². The van der Waals surface area contributed by atoms with Gasteiger partial charge in [-0.05, 0) is 12.5 Å². The van der Waals surface area contributed by atoms with E-state index in [0.717, 1.165) is 0 Å². The molecule has 0 aromatic carbocycles. The van der Waals surface area contributed by atoms with Crippen molar-refractivity contribution in [1.82, 2.24) is 4.57 Å². The SMILES string of the molecule is C=CCS(=O)(=O)c1cc2n(c1)CCC2C(=O)O. The van der Waals surface area contributed by atoms with Crippen LogP contribution in [-0.4, -0.2) is 29.8 Å². The minimum Gasteiger partial charge on any atom is -0.481 e. The van der Waals surface area contributed by atoms with Crippen molar-refractivity contribution < 1.29 is 18.3 Å². The number of nitrogens with zero attached hydrogens (tertiary/aromatic N) is 1. The van der Waals surface area contributed by atoms with Crippen LogP contribution in [0.5, 0.6) is 0 Å². The van der Waals surface area contributed by atoms with Crippen LogP contribution in [0.2, 0.25) is 0 Å². The fraction of sp³-hybridized carbons (Fsp3) is 0.364. The molecule has 0 aliphatic carbocycles. The normalized spacial score (nSPS) is 18.9. The van der Waals surface area contributed by atoms with Crippen molar-refractivity contribution in [2.75, 3.05) is 5.75 Å². The highest BCUT2D eigenvalue weighted by molar-refractivity contribution is 7.91.